The van der Waals surface area contributed by atoms with Crippen molar-refractivity contribution < 1.29 is 19.1 Å². The number of carbonyl (C=O) groups is 2. The number of rotatable bonds is 3. The van der Waals surface area contributed by atoms with Gasteiger partial charge in [0.1, 0.15) is 6.10 Å². The third-order valence-corrected chi connectivity index (χ3v) is 7.03. The highest BCUT2D eigenvalue weighted by Gasteiger charge is 2.55. The van der Waals surface area contributed by atoms with Crippen molar-refractivity contribution in [1.29, 1.82) is 0 Å². The lowest BCUT2D eigenvalue weighted by atomic mass is 9.55. The Hall–Kier alpha value is -1.06. The van der Waals surface area contributed by atoms with Crippen molar-refractivity contribution in [2.45, 2.75) is 71.3 Å². The molecule has 3 rings (SSSR count). The van der Waals surface area contributed by atoms with Crippen LogP contribution in [0.4, 0.5) is 0 Å². The van der Waals surface area contributed by atoms with E-state index in [0.717, 1.165) is 31.1 Å². The lowest BCUT2D eigenvalue weighted by Gasteiger charge is -2.51. The number of ether oxygens (including phenoxy) is 2. The molecule has 0 bridgehead atoms. The number of fused-ring (bicyclic) bond motifs is 3. The molecule has 0 N–H and O–H groups in total. The molecule has 3 aliphatic rings. The van der Waals surface area contributed by atoms with Crippen molar-refractivity contribution in [2.24, 2.45) is 29.1 Å². The molecule has 0 aromatic rings. The van der Waals surface area contributed by atoms with E-state index in [2.05, 4.69) is 6.92 Å². The van der Waals surface area contributed by atoms with E-state index in [9.17, 15) is 9.59 Å². The fraction of sp³-hybridized carbons (Fsp3) is 0.895. The molecule has 130 valence electrons. The Morgan fingerprint density at radius 3 is 2.61 bits per heavy atom. The zero-order valence-electron chi connectivity index (χ0n) is 14.7. The van der Waals surface area contributed by atoms with Crippen molar-refractivity contribution >= 4 is 11.9 Å². The van der Waals surface area contributed by atoms with Gasteiger partial charge in [-0.3, -0.25) is 9.59 Å². The molecule has 3 saturated carbocycles. The number of methoxy groups -OCH3 is 1. The van der Waals surface area contributed by atoms with Crippen LogP contribution >= 0.6 is 0 Å². The molecule has 4 heteroatoms. The minimum absolute atomic E-state index is 0.0649. The molecule has 6 atom stereocenters. The van der Waals surface area contributed by atoms with Crippen LogP contribution < -0.4 is 0 Å². The Bertz CT molecular complexity index is 474. The largest absolute Gasteiger partial charge is 0.469 e. The molecule has 0 aromatic heterocycles. The summed E-state index contributed by atoms with van der Waals surface area (Å²) in [5, 5.41) is 0. The summed E-state index contributed by atoms with van der Waals surface area (Å²) >= 11 is 0. The monoisotopic (exact) mass is 322 g/mol. The van der Waals surface area contributed by atoms with Crippen molar-refractivity contribution in [2.75, 3.05) is 7.11 Å². The summed E-state index contributed by atoms with van der Waals surface area (Å²) in [6.07, 6.45) is 8.81. The van der Waals surface area contributed by atoms with Gasteiger partial charge in [-0.25, -0.2) is 0 Å². The van der Waals surface area contributed by atoms with Gasteiger partial charge in [-0.15, -0.1) is 0 Å². The van der Waals surface area contributed by atoms with Crippen molar-refractivity contribution in [3.63, 3.8) is 0 Å². The van der Waals surface area contributed by atoms with E-state index in [0.29, 0.717) is 18.3 Å². The minimum Gasteiger partial charge on any atom is -0.469 e. The zero-order chi connectivity index (χ0) is 16.6. The molecular weight excluding hydrogens is 292 g/mol. The summed E-state index contributed by atoms with van der Waals surface area (Å²) < 4.78 is 10.5. The third-order valence-electron chi connectivity index (χ3n) is 7.03. The zero-order valence-corrected chi connectivity index (χ0v) is 14.7. The van der Waals surface area contributed by atoms with Crippen LogP contribution in [0.3, 0.4) is 0 Å². The van der Waals surface area contributed by atoms with Gasteiger partial charge < -0.3 is 9.47 Å². The van der Waals surface area contributed by atoms with Crippen LogP contribution in [0, 0.1) is 29.1 Å². The molecule has 0 unspecified atom stereocenters. The van der Waals surface area contributed by atoms with E-state index in [1.165, 1.54) is 39.7 Å². The van der Waals surface area contributed by atoms with Crippen LogP contribution in [-0.4, -0.2) is 25.2 Å². The highest BCUT2D eigenvalue weighted by atomic mass is 16.5. The predicted molar refractivity (Wildman–Crippen MR) is 86.6 cm³/mol. The van der Waals surface area contributed by atoms with Gasteiger partial charge >= 0.3 is 11.9 Å². The Balaban J connectivity index is 1.65. The van der Waals surface area contributed by atoms with E-state index < -0.39 is 0 Å². The maximum absolute atomic E-state index is 11.5. The first kappa shape index (κ1) is 16.8. The number of esters is 2. The van der Waals surface area contributed by atoms with Gasteiger partial charge in [0.25, 0.3) is 0 Å². The first-order valence-corrected chi connectivity index (χ1v) is 9.18. The quantitative estimate of drug-likeness (QED) is 0.743. The van der Waals surface area contributed by atoms with Crippen LogP contribution in [0.15, 0.2) is 0 Å². The normalized spacial score (nSPS) is 42.5. The van der Waals surface area contributed by atoms with Gasteiger partial charge in [0, 0.05) is 18.8 Å². The molecule has 3 fully saturated rings. The average Bonchev–Trinajstić information content (AvgIpc) is 2.83. The minimum atomic E-state index is -0.138. The third kappa shape index (κ3) is 3.14. The first-order valence-electron chi connectivity index (χ1n) is 9.18. The maximum atomic E-state index is 11.5. The fourth-order valence-electron chi connectivity index (χ4n) is 5.92. The topological polar surface area (TPSA) is 52.6 Å². The van der Waals surface area contributed by atoms with Gasteiger partial charge in [0.05, 0.1) is 7.11 Å². The maximum Gasteiger partial charge on any atom is 0.305 e. The summed E-state index contributed by atoms with van der Waals surface area (Å²) in [6, 6.07) is 0. The first-order chi connectivity index (χ1) is 10.9. The second kappa shape index (κ2) is 6.45. The predicted octanol–water partition coefficient (Wildman–Crippen LogP) is 3.72. The molecule has 0 radical (unpaired) electrons. The molecule has 0 aliphatic heterocycles. The summed E-state index contributed by atoms with van der Waals surface area (Å²) in [7, 11) is 1.48. The van der Waals surface area contributed by atoms with E-state index in [1.807, 2.05) is 0 Å². The fourth-order valence-corrected chi connectivity index (χ4v) is 5.92. The van der Waals surface area contributed by atoms with E-state index in [-0.39, 0.29) is 23.5 Å². The van der Waals surface area contributed by atoms with Crippen LogP contribution in [0.5, 0.6) is 0 Å². The van der Waals surface area contributed by atoms with E-state index in [4.69, 9.17) is 9.47 Å². The summed E-state index contributed by atoms with van der Waals surface area (Å²) in [4.78, 5) is 23.0. The van der Waals surface area contributed by atoms with E-state index in [1.54, 1.807) is 0 Å². The summed E-state index contributed by atoms with van der Waals surface area (Å²) in [5.74, 6) is 2.48. The Morgan fingerprint density at radius 1 is 1.13 bits per heavy atom. The lowest BCUT2D eigenvalue weighted by molar-refractivity contribution is -0.156. The van der Waals surface area contributed by atoms with Crippen molar-refractivity contribution in [3.8, 4) is 0 Å². The molecule has 0 aromatic carbocycles. The Kier molecular flexibility index (Phi) is 4.70. The average molecular weight is 322 g/mol. The smallest absolute Gasteiger partial charge is 0.305 e. The Labute approximate surface area is 139 Å². The van der Waals surface area contributed by atoms with E-state index >= 15 is 0 Å². The van der Waals surface area contributed by atoms with Gasteiger partial charge in [-0.2, -0.15) is 0 Å². The molecule has 0 spiro atoms. The highest BCUT2D eigenvalue weighted by Crippen LogP contribution is 2.60. The second-order valence-corrected chi connectivity index (χ2v) is 8.21. The lowest BCUT2D eigenvalue weighted by Crippen LogP contribution is -2.46. The van der Waals surface area contributed by atoms with Gasteiger partial charge in [-0.05, 0) is 68.6 Å². The molecule has 4 nitrogen and oxygen atoms in total. The van der Waals surface area contributed by atoms with Gasteiger partial charge in [0.2, 0.25) is 0 Å². The van der Waals surface area contributed by atoms with Gasteiger partial charge in [-0.1, -0.05) is 6.92 Å². The van der Waals surface area contributed by atoms with Crippen molar-refractivity contribution in [1.82, 2.24) is 0 Å². The summed E-state index contributed by atoms with van der Waals surface area (Å²) in [5.41, 5.74) is 0.169. The molecule has 3 aliphatic carbocycles. The number of hydrogen-bond donors (Lipinski definition) is 0. The standard InChI is InChI=1S/C19H30O4/c1-12(20)23-17-7-6-16-15-5-4-13(11-18(21)22-3)10-14(15)8-9-19(16,17)2/h13-17H,4-11H2,1-3H3/t13-,14-,15-,16+,17+,19+/m1/s1. The second-order valence-electron chi connectivity index (χ2n) is 8.21. The molecular formula is C19H30O4. The van der Waals surface area contributed by atoms with Gasteiger partial charge in [0.15, 0.2) is 0 Å². The summed E-state index contributed by atoms with van der Waals surface area (Å²) in [6.45, 7) is 3.87. The van der Waals surface area contributed by atoms with Crippen LogP contribution in [0.2, 0.25) is 0 Å². The Morgan fingerprint density at radius 2 is 1.91 bits per heavy atom. The highest BCUT2D eigenvalue weighted by molar-refractivity contribution is 5.69. The molecule has 0 heterocycles. The SMILES string of the molecule is COC(=O)C[C@@H]1CC[C@@H]2[C@H](CC[C@]3(C)[C@@H](OC(C)=O)CC[C@@H]23)C1. The molecule has 23 heavy (non-hydrogen) atoms. The van der Waals surface area contributed by atoms with Crippen LogP contribution in [0.1, 0.15) is 65.2 Å². The number of carbonyl (C=O) groups excluding carboxylic acids is 2. The van der Waals surface area contributed by atoms with Crippen molar-refractivity contribution in [3.05, 3.63) is 0 Å². The molecule has 0 saturated heterocycles. The van der Waals surface area contributed by atoms with Crippen LogP contribution in [0.25, 0.3) is 0 Å². The van der Waals surface area contributed by atoms with Crippen LogP contribution in [-0.2, 0) is 19.1 Å². The number of hydrogen-bond acceptors (Lipinski definition) is 4. The molecule has 0 amide bonds.